The van der Waals surface area contributed by atoms with Crippen molar-refractivity contribution in [2.45, 2.75) is 32.6 Å². The lowest BCUT2D eigenvalue weighted by molar-refractivity contribution is 0.129. The summed E-state index contributed by atoms with van der Waals surface area (Å²) in [7, 11) is 0. The summed E-state index contributed by atoms with van der Waals surface area (Å²) in [6, 6.07) is 8.28. The summed E-state index contributed by atoms with van der Waals surface area (Å²) in [5, 5.41) is 9.25. The molecule has 1 aromatic carbocycles. The summed E-state index contributed by atoms with van der Waals surface area (Å²) in [5.41, 5.74) is 1.30. The van der Waals surface area contributed by atoms with Crippen LogP contribution in [-0.4, -0.2) is 32.3 Å². The van der Waals surface area contributed by atoms with Crippen molar-refractivity contribution >= 4 is 27.5 Å². The summed E-state index contributed by atoms with van der Waals surface area (Å²) < 4.78 is 6.76. The second-order valence-corrected chi connectivity index (χ2v) is 6.42. The van der Waals surface area contributed by atoms with Crippen molar-refractivity contribution in [1.82, 2.24) is 10.6 Å². The molecule has 0 unspecified atom stereocenters. The summed E-state index contributed by atoms with van der Waals surface area (Å²) in [6.07, 6.45) is 3.97. The lowest BCUT2D eigenvalue weighted by Crippen LogP contribution is -2.37. The fourth-order valence-corrected chi connectivity index (χ4v) is 3.32. The number of thiophene rings is 1. The highest BCUT2D eigenvalue weighted by Crippen LogP contribution is 2.25. The van der Waals surface area contributed by atoms with Gasteiger partial charge in [-0.1, -0.05) is 31.5 Å². The van der Waals surface area contributed by atoms with Gasteiger partial charge in [0, 0.05) is 31.0 Å². The van der Waals surface area contributed by atoms with Crippen molar-refractivity contribution in [1.29, 1.82) is 0 Å². The van der Waals surface area contributed by atoms with Crippen LogP contribution in [0.5, 0.6) is 0 Å². The number of carbonyl (C=O) groups excluding carboxylic acids is 1. The first-order valence-electron chi connectivity index (χ1n) is 8.36. The monoisotopic (exact) mass is 334 g/mol. The highest BCUT2D eigenvalue weighted by Gasteiger charge is 2.04. The van der Waals surface area contributed by atoms with Gasteiger partial charge in [-0.05, 0) is 41.7 Å². The van der Waals surface area contributed by atoms with Gasteiger partial charge >= 0.3 is 6.03 Å². The van der Waals surface area contributed by atoms with Gasteiger partial charge in [-0.2, -0.15) is 0 Å². The molecule has 0 spiro atoms. The third-order valence-corrected chi connectivity index (χ3v) is 4.65. The second-order valence-electron chi connectivity index (χ2n) is 5.51. The van der Waals surface area contributed by atoms with Gasteiger partial charge in [-0.25, -0.2) is 4.79 Å². The van der Waals surface area contributed by atoms with Crippen LogP contribution in [0.25, 0.3) is 10.1 Å². The third-order valence-electron chi connectivity index (χ3n) is 3.63. The molecule has 4 nitrogen and oxygen atoms in total. The molecule has 0 saturated heterocycles. The van der Waals surface area contributed by atoms with Crippen LogP contribution in [-0.2, 0) is 11.2 Å². The van der Waals surface area contributed by atoms with E-state index in [1.165, 1.54) is 15.6 Å². The maximum atomic E-state index is 11.7. The highest BCUT2D eigenvalue weighted by molar-refractivity contribution is 7.17. The molecule has 2 rings (SSSR count). The Balaban J connectivity index is 1.56. The number of unbranched alkanes of at least 4 members (excludes halogenated alkanes) is 1. The molecule has 0 saturated carbocycles. The first kappa shape index (κ1) is 17.8. The molecule has 2 aromatic rings. The zero-order valence-corrected chi connectivity index (χ0v) is 14.6. The SMILES string of the molecule is CCCCOCCCNC(=O)NCCc1csc2ccccc12. The maximum Gasteiger partial charge on any atom is 0.314 e. The van der Waals surface area contributed by atoms with Crippen LogP contribution in [0.15, 0.2) is 29.6 Å². The third kappa shape index (κ3) is 6.20. The number of benzene rings is 1. The van der Waals surface area contributed by atoms with Crippen LogP contribution in [0.3, 0.4) is 0 Å². The Kier molecular flexibility index (Phi) is 7.90. The fraction of sp³-hybridized carbons (Fsp3) is 0.500. The van der Waals surface area contributed by atoms with Crippen LogP contribution in [0.4, 0.5) is 4.79 Å². The Morgan fingerprint density at radius 3 is 2.78 bits per heavy atom. The number of hydrogen-bond acceptors (Lipinski definition) is 3. The maximum absolute atomic E-state index is 11.7. The normalized spacial score (nSPS) is 10.8. The molecule has 0 fully saturated rings. The topological polar surface area (TPSA) is 50.4 Å². The van der Waals surface area contributed by atoms with Crippen molar-refractivity contribution in [3.63, 3.8) is 0 Å². The number of rotatable bonds is 10. The molecule has 23 heavy (non-hydrogen) atoms. The minimum absolute atomic E-state index is 0.0990. The van der Waals surface area contributed by atoms with Gasteiger partial charge in [0.05, 0.1) is 0 Å². The average molecular weight is 334 g/mol. The molecule has 0 aliphatic rings. The summed E-state index contributed by atoms with van der Waals surface area (Å²) >= 11 is 1.76. The molecule has 0 aliphatic heterocycles. The van der Waals surface area contributed by atoms with Gasteiger partial charge in [0.15, 0.2) is 0 Å². The minimum Gasteiger partial charge on any atom is -0.381 e. The Hall–Kier alpha value is -1.59. The van der Waals surface area contributed by atoms with E-state index >= 15 is 0 Å². The lowest BCUT2D eigenvalue weighted by Gasteiger charge is -2.08. The van der Waals surface area contributed by atoms with Crippen molar-refractivity contribution in [3.8, 4) is 0 Å². The van der Waals surface area contributed by atoms with E-state index in [0.29, 0.717) is 19.7 Å². The second kappa shape index (κ2) is 10.2. The zero-order valence-electron chi connectivity index (χ0n) is 13.8. The minimum atomic E-state index is -0.0990. The van der Waals surface area contributed by atoms with Gasteiger partial charge in [-0.15, -0.1) is 11.3 Å². The Bertz CT molecular complexity index is 597. The van der Waals surface area contributed by atoms with Gasteiger partial charge in [0.25, 0.3) is 0 Å². The van der Waals surface area contributed by atoms with E-state index in [1.54, 1.807) is 11.3 Å². The Morgan fingerprint density at radius 1 is 1.13 bits per heavy atom. The number of amides is 2. The fourth-order valence-electron chi connectivity index (χ4n) is 2.32. The molecule has 0 aliphatic carbocycles. The van der Waals surface area contributed by atoms with Gasteiger partial charge < -0.3 is 15.4 Å². The average Bonchev–Trinajstić information content (AvgIpc) is 2.97. The first-order valence-corrected chi connectivity index (χ1v) is 9.23. The predicted molar refractivity (Wildman–Crippen MR) is 97.3 cm³/mol. The number of fused-ring (bicyclic) bond motifs is 1. The summed E-state index contributed by atoms with van der Waals surface area (Å²) in [6.45, 7) is 4.98. The molecule has 1 aromatic heterocycles. The number of ether oxygens (including phenoxy) is 1. The van der Waals surface area contributed by atoms with Crippen molar-refractivity contribution in [3.05, 3.63) is 35.2 Å². The quantitative estimate of drug-likeness (QED) is 0.646. The molecule has 0 bridgehead atoms. The molecule has 1 heterocycles. The predicted octanol–water partition coefficient (Wildman–Crippen LogP) is 3.95. The lowest BCUT2D eigenvalue weighted by atomic mass is 10.1. The largest absolute Gasteiger partial charge is 0.381 e. The van der Waals surface area contributed by atoms with Gasteiger partial charge in [0.2, 0.25) is 0 Å². The van der Waals surface area contributed by atoms with E-state index in [2.05, 4.69) is 47.2 Å². The van der Waals surface area contributed by atoms with Crippen LogP contribution in [0.1, 0.15) is 31.7 Å². The molecule has 5 heteroatoms. The first-order chi connectivity index (χ1) is 11.3. The van der Waals surface area contributed by atoms with E-state index in [9.17, 15) is 4.79 Å². The van der Waals surface area contributed by atoms with E-state index in [-0.39, 0.29) is 6.03 Å². The van der Waals surface area contributed by atoms with Crippen molar-refractivity contribution in [2.75, 3.05) is 26.3 Å². The molecule has 0 atom stereocenters. The van der Waals surface area contributed by atoms with E-state index in [4.69, 9.17) is 4.74 Å². The summed E-state index contributed by atoms with van der Waals surface area (Å²) in [4.78, 5) is 11.7. The van der Waals surface area contributed by atoms with Crippen LogP contribution in [0, 0.1) is 0 Å². The van der Waals surface area contributed by atoms with Crippen molar-refractivity contribution < 1.29 is 9.53 Å². The smallest absolute Gasteiger partial charge is 0.314 e. The standard InChI is InChI=1S/C18H26N2O2S/c1-2-3-12-22-13-6-10-19-18(21)20-11-9-15-14-23-17-8-5-4-7-16(15)17/h4-5,7-8,14H,2-3,6,9-13H2,1H3,(H2,19,20,21). The van der Waals surface area contributed by atoms with E-state index in [1.807, 2.05) is 0 Å². The van der Waals surface area contributed by atoms with Gasteiger partial charge in [0.1, 0.15) is 0 Å². The number of nitrogens with one attached hydrogen (secondary N) is 2. The number of urea groups is 1. The number of hydrogen-bond donors (Lipinski definition) is 2. The summed E-state index contributed by atoms with van der Waals surface area (Å²) in [5.74, 6) is 0. The molecule has 2 N–H and O–H groups in total. The Morgan fingerprint density at radius 2 is 1.91 bits per heavy atom. The molecular weight excluding hydrogens is 308 g/mol. The number of carbonyl (C=O) groups is 1. The van der Waals surface area contributed by atoms with Crippen LogP contribution < -0.4 is 10.6 Å². The van der Waals surface area contributed by atoms with E-state index in [0.717, 1.165) is 32.3 Å². The molecule has 2 amide bonds. The van der Waals surface area contributed by atoms with Crippen LogP contribution >= 0.6 is 11.3 Å². The zero-order chi connectivity index (χ0) is 16.3. The molecule has 126 valence electrons. The molecular formula is C18H26N2O2S. The molecule has 0 radical (unpaired) electrons. The van der Waals surface area contributed by atoms with Crippen molar-refractivity contribution in [2.24, 2.45) is 0 Å². The van der Waals surface area contributed by atoms with Crippen LogP contribution in [0.2, 0.25) is 0 Å². The van der Waals surface area contributed by atoms with Gasteiger partial charge in [-0.3, -0.25) is 0 Å². The van der Waals surface area contributed by atoms with E-state index < -0.39 is 0 Å². The highest BCUT2D eigenvalue weighted by atomic mass is 32.1. The Labute approximate surface area is 142 Å².